The van der Waals surface area contributed by atoms with Crippen LogP contribution >= 0.6 is 15.3 Å². The average molecular weight is 237 g/mol. The van der Waals surface area contributed by atoms with Crippen molar-refractivity contribution in [3.63, 3.8) is 0 Å². The lowest BCUT2D eigenvalue weighted by molar-refractivity contribution is 0.978. The van der Waals surface area contributed by atoms with Gasteiger partial charge in [-0.05, 0) is 0 Å². The molecular formula is C7H17BrSi2. The molecule has 0 aromatic carbocycles. The van der Waals surface area contributed by atoms with Crippen LogP contribution in [-0.2, 0) is 0 Å². The summed E-state index contributed by atoms with van der Waals surface area (Å²) in [7, 11) is -0.479. The van der Waals surface area contributed by atoms with E-state index in [0.717, 1.165) is 0 Å². The van der Waals surface area contributed by atoms with Crippen LogP contribution < -0.4 is 0 Å². The summed E-state index contributed by atoms with van der Waals surface area (Å²) in [6.45, 7) is 2.34. The van der Waals surface area contributed by atoms with Crippen molar-refractivity contribution in [1.82, 2.24) is 0 Å². The molecule has 0 N–H and O–H groups in total. The largest absolute Gasteiger partial charge is 0.131 e. The van der Waals surface area contributed by atoms with Crippen molar-refractivity contribution in [1.29, 1.82) is 0 Å². The van der Waals surface area contributed by atoms with Gasteiger partial charge in [0.05, 0.1) is 0 Å². The van der Waals surface area contributed by atoms with Crippen molar-refractivity contribution < 1.29 is 0 Å². The van der Waals surface area contributed by atoms with Crippen molar-refractivity contribution in [3.8, 4) is 0 Å². The van der Waals surface area contributed by atoms with E-state index < -0.39 is 0 Å². The number of halogens is 1. The Bertz CT molecular complexity index is 95.6. The van der Waals surface area contributed by atoms with Crippen LogP contribution in [0.4, 0.5) is 0 Å². The molecule has 0 aliphatic carbocycles. The summed E-state index contributed by atoms with van der Waals surface area (Å²) in [6, 6.07) is 4.85. The fraction of sp³-hybridized carbons (Fsp3) is 1.00. The van der Waals surface area contributed by atoms with E-state index >= 15 is 0 Å². The van der Waals surface area contributed by atoms with E-state index in [0.29, 0.717) is 0 Å². The molecule has 1 aliphatic heterocycles. The number of rotatable bonds is 2. The molecule has 2 atom stereocenters. The van der Waals surface area contributed by atoms with Crippen LogP contribution in [0.15, 0.2) is 0 Å². The molecule has 60 valence electrons. The maximum Gasteiger partial charge on any atom is 0.111 e. The molecular weight excluding hydrogens is 220 g/mol. The summed E-state index contributed by atoms with van der Waals surface area (Å²) in [5, 5.41) is 0. The van der Waals surface area contributed by atoms with Gasteiger partial charge < -0.3 is 0 Å². The zero-order chi connectivity index (χ0) is 7.40. The topological polar surface area (TPSA) is 0 Å². The number of hydrogen-bond acceptors (Lipinski definition) is 0. The lowest BCUT2D eigenvalue weighted by atomic mass is 10.6. The minimum atomic E-state index is -0.310. The molecule has 0 aromatic rings. The van der Waals surface area contributed by atoms with E-state index in [1.54, 1.807) is 30.2 Å². The third-order valence-corrected chi connectivity index (χ3v) is 15.5. The smallest absolute Gasteiger partial charge is 0.111 e. The third-order valence-electron chi connectivity index (χ3n) is 2.42. The number of hydrogen-bond donors (Lipinski definition) is 0. The fourth-order valence-electron chi connectivity index (χ4n) is 1.90. The molecule has 0 amide bonds. The van der Waals surface area contributed by atoms with E-state index in [1.165, 1.54) is 6.42 Å². The molecule has 0 aromatic heterocycles. The molecule has 1 saturated heterocycles. The molecule has 10 heavy (non-hydrogen) atoms. The highest BCUT2D eigenvalue weighted by atomic mass is 79.9. The van der Waals surface area contributed by atoms with Crippen LogP contribution in [0.3, 0.4) is 0 Å². The van der Waals surface area contributed by atoms with Gasteiger partial charge in [0, 0.05) is 8.80 Å². The van der Waals surface area contributed by atoms with E-state index in [-0.39, 0.29) is 16.2 Å². The molecule has 0 radical (unpaired) electrons. The van der Waals surface area contributed by atoms with E-state index in [1.807, 2.05) is 0 Å². The minimum absolute atomic E-state index is 0.169. The minimum Gasteiger partial charge on any atom is -0.131 e. The fourth-order valence-corrected chi connectivity index (χ4v) is 16.4. The van der Waals surface area contributed by atoms with Crippen molar-refractivity contribution in [3.05, 3.63) is 0 Å². The summed E-state index contributed by atoms with van der Waals surface area (Å²) in [5.41, 5.74) is 1.70. The molecule has 1 heterocycles. The molecule has 2 unspecified atom stereocenters. The van der Waals surface area contributed by atoms with Gasteiger partial charge in [-0.3, -0.25) is 0 Å². The summed E-state index contributed by atoms with van der Waals surface area (Å²) in [5.74, 6) is 0. The van der Waals surface area contributed by atoms with Gasteiger partial charge in [-0.2, -0.15) is 0 Å². The monoisotopic (exact) mass is 236 g/mol. The van der Waals surface area contributed by atoms with E-state index in [9.17, 15) is 0 Å². The molecule has 0 spiro atoms. The Balaban J connectivity index is 2.18. The Hall–Kier alpha value is 0.914. The molecule has 0 saturated carbocycles. The average Bonchev–Trinajstić information content (AvgIpc) is 1.88. The molecule has 1 fully saturated rings. The van der Waals surface area contributed by atoms with Gasteiger partial charge in [0.2, 0.25) is 0 Å². The predicted molar refractivity (Wildman–Crippen MR) is 57.4 cm³/mol. The first-order chi connectivity index (χ1) is 4.83. The van der Waals surface area contributed by atoms with Gasteiger partial charge >= 0.3 is 0 Å². The van der Waals surface area contributed by atoms with Gasteiger partial charge in [-0.15, -0.1) is 15.3 Å². The predicted octanol–water partition coefficient (Wildman–Crippen LogP) is 2.69. The van der Waals surface area contributed by atoms with Crippen molar-refractivity contribution >= 4 is 31.5 Å². The quantitative estimate of drug-likeness (QED) is 0.511. The van der Waals surface area contributed by atoms with Crippen LogP contribution in [0.25, 0.3) is 0 Å². The Morgan fingerprint density at radius 2 is 2.20 bits per heavy atom. The van der Waals surface area contributed by atoms with Gasteiger partial charge in [-0.25, -0.2) is 0 Å². The molecule has 1 rings (SSSR count). The Kier molecular flexibility index (Phi) is 4.25. The second-order valence-corrected chi connectivity index (χ2v) is 13.8. The molecule has 0 bridgehead atoms. The first kappa shape index (κ1) is 9.01. The zero-order valence-corrected chi connectivity index (χ0v) is 10.7. The third kappa shape index (κ3) is 2.88. The van der Waals surface area contributed by atoms with Gasteiger partial charge in [0.15, 0.2) is 0 Å². The van der Waals surface area contributed by atoms with Crippen LogP contribution in [-0.4, -0.2) is 16.2 Å². The highest BCUT2D eigenvalue weighted by Gasteiger charge is 2.20. The molecule has 1 aliphatic rings. The first-order valence-electron chi connectivity index (χ1n) is 4.47. The van der Waals surface area contributed by atoms with Crippen LogP contribution in [0.1, 0.15) is 19.8 Å². The van der Waals surface area contributed by atoms with Gasteiger partial charge in [0.25, 0.3) is 0 Å². The summed E-state index contributed by atoms with van der Waals surface area (Å²) in [6.07, 6.45) is 3.02. The first-order valence-corrected chi connectivity index (χ1v) is 11.7. The maximum absolute atomic E-state index is 3.87. The highest BCUT2D eigenvalue weighted by molar-refractivity contribution is 9.24. The van der Waals surface area contributed by atoms with Crippen LogP contribution in [0, 0.1) is 0 Å². The Labute approximate surface area is 75.2 Å². The van der Waals surface area contributed by atoms with Crippen LogP contribution in [0.5, 0.6) is 0 Å². The molecule has 0 nitrogen and oxygen atoms in total. The second kappa shape index (κ2) is 4.72. The Morgan fingerprint density at radius 1 is 1.40 bits per heavy atom. The van der Waals surface area contributed by atoms with Crippen LogP contribution in [0.2, 0.25) is 23.8 Å². The second-order valence-electron chi connectivity index (χ2n) is 3.42. The standard InChI is InChI=1S/C7H17BrSi2/c1-2-4-9-5-3-6-10(8)7-9/h9-10H,2-7H2,1H3. The maximum atomic E-state index is 3.87. The normalized spacial score (nSPS) is 34.2. The van der Waals surface area contributed by atoms with E-state index in [2.05, 4.69) is 22.2 Å². The van der Waals surface area contributed by atoms with Crippen molar-refractivity contribution in [2.75, 3.05) is 0 Å². The van der Waals surface area contributed by atoms with Gasteiger partial charge in [0.1, 0.15) is 7.42 Å². The molecule has 3 heteroatoms. The van der Waals surface area contributed by atoms with Crippen molar-refractivity contribution in [2.24, 2.45) is 0 Å². The lowest BCUT2D eigenvalue weighted by Gasteiger charge is -2.22. The SMILES string of the molecule is CCC[SiH]1CCC[SiH](Br)C1. The summed E-state index contributed by atoms with van der Waals surface area (Å²) >= 11 is 3.87. The summed E-state index contributed by atoms with van der Waals surface area (Å²) < 4.78 is 0. The lowest BCUT2D eigenvalue weighted by Crippen LogP contribution is -2.24. The zero-order valence-electron chi connectivity index (χ0n) is 6.78. The van der Waals surface area contributed by atoms with Crippen molar-refractivity contribution in [2.45, 2.75) is 43.6 Å². The summed E-state index contributed by atoms with van der Waals surface area (Å²) in [4.78, 5) is 0. The van der Waals surface area contributed by atoms with E-state index in [4.69, 9.17) is 0 Å². The van der Waals surface area contributed by atoms with Gasteiger partial charge in [-0.1, -0.05) is 43.6 Å². The highest BCUT2D eigenvalue weighted by Crippen LogP contribution is 2.25. The Morgan fingerprint density at radius 3 is 2.80 bits per heavy atom.